The molecule has 0 radical (unpaired) electrons. The Labute approximate surface area is 263 Å². The standard InChI is InChI=1S/C45H30/c1-5-15-31(16-6-1)33-25-26-36-37-27-28-39-38-23-13-14-24-43(38)45(34-19-9-3-10-20-34,35-21-11-4-12-22-35)44(39)42(37)30-40(41(36)29-33)32-17-7-2-8-18-32/h1-30H. The van der Waals surface area contributed by atoms with Gasteiger partial charge in [0.1, 0.15) is 0 Å². The Balaban J connectivity index is 1.47. The molecule has 0 N–H and O–H groups in total. The van der Waals surface area contributed by atoms with Crippen molar-refractivity contribution in [3.8, 4) is 33.4 Å². The molecule has 1 aliphatic carbocycles. The van der Waals surface area contributed by atoms with E-state index in [1.165, 1.54) is 77.2 Å². The van der Waals surface area contributed by atoms with Crippen molar-refractivity contribution in [2.24, 2.45) is 0 Å². The Bertz CT molecular complexity index is 2300. The number of rotatable bonds is 4. The van der Waals surface area contributed by atoms with Crippen LogP contribution in [0.4, 0.5) is 0 Å². The van der Waals surface area contributed by atoms with Crippen LogP contribution in [0.2, 0.25) is 0 Å². The molecule has 210 valence electrons. The second-order valence-corrected chi connectivity index (χ2v) is 12.0. The molecule has 0 unspecified atom stereocenters. The van der Waals surface area contributed by atoms with Crippen molar-refractivity contribution >= 4 is 21.5 Å². The summed E-state index contributed by atoms with van der Waals surface area (Å²) in [6, 6.07) is 67.1. The third kappa shape index (κ3) is 3.79. The van der Waals surface area contributed by atoms with Crippen molar-refractivity contribution in [2.75, 3.05) is 0 Å². The van der Waals surface area contributed by atoms with Gasteiger partial charge < -0.3 is 0 Å². The van der Waals surface area contributed by atoms with Crippen LogP contribution in [-0.2, 0) is 5.41 Å². The smallest absolute Gasteiger partial charge is 0.0622 e. The van der Waals surface area contributed by atoms with Crippen molar-refractivity contribution in [2.45, 2.75) is 5.41 Å². The summed E-state index contributed by atoms with van der Waals surface area (Å²) in [4.78, 5) is 0. The zero-order chi connectivity index (χ0) is 29.8. The lowest BCUT2D eigenvalue weighted by Gasteiger charge is -2.35. The molecule has 1 aliphatic rings. The van der Waals surface area contributed by atoms with E-state index in [0.29, 0.717) is 0 Å². The predicted molar refractivity (Wildman–Crippen MR) is 190 cm³/mol. The number of hydrogen-bond donors (Lipinski definition) is 0. The van der Waals surface area contributed by atoms with Gasteiger partial charge in [0.25, 0.3) is 0 Å². The second-order valence-electron chi connectivity index (χ2n) is 12.0. The molecular formula is C45H30. The molecule has 0 aromatic heterocycles. The summed E-state index contributed by atoms with van der Waals surface area (Å²) in [6.45, 7) is 0. The van der Waals surface area contributed by atoms with E-state index in [1.54, 1.807) is 0 Å². The fourth-order valence-electron chi connectivity index (χ4n) is 7.85. The lowest BCUT2D eigenvalue weighted by atomic mass is 9.66. The van der Waals surface area contributed by atoms with Gasteiger partial charge in [0.05, 0.1) is 5.41 Å². The lowest BCUT2D eigenvalue weighted by Crippen LogP contribution is -2.28. The maximum absolute atomic E-state index is 2.48. The minimum absolute atomic E-state index is 0.459. The molecule has 0 saturated heterocycles. The zero-order valence-electron chi connectivity index (χ0n) is 24.8. The lowest BCUT2D eigenvalue weighted by molar-refractivity contribution is 0.775. The molecule has 0 spiro atoms. The molecular weight excluding hydrogens is 540 g/mol. The largest absolute Gasteiger partial charge is 0.0719 e. The van der Waals surface area contributed by atoms with E-state index in [0.717, 1.165) is 0 Å². The first-order valence-corrected chi connectivity index (χ1v) is 15.7. The highest BCUT2D eigenvalue weighted by atomic mass is 14.5. The fourth-order valence-corrected chi connectivity index (χ4v) is 7.85. The summed E-state index contributed by atoms with van der Waals surface area (Å²) in [5, 5.41) is 5.14. The van der Waals surface area contributed by atoms with Crippen LogP contribution in [0.25, 0.3) is 54.9 Å². The monoisotopic (exact) mass is 570 g/mol. The van der Waals surface area contributed by atoms with Gasteiger partial charge in [-0.25, -0.2) is 0 Å². The van der Waals surface area contributed by atoms with Gasteiger partial charge in [0, 0.05) is 0 Å². The number of fused-ring (bicyclic) bond motifs is 7. The average molecular weight is 571 g/mol. The van der Waals surface area contributed by atoms with Gasteiger partial charge in [-0.1, -0.05) is 170 Å². The molecule has 0 fully saturated rings. The Morgan fingerprint density at radius 3 is 1.49 bits per heavy atom. The molecule has 0 atom stereocenters. The summed E-state index contributed by atoms with van der Waals surface area (Å²) in [5.74, 6) is 0. The summed E-state index contributed by atoms with van der Waals surface area (Å²) < 4.78 is 0. The van der Waals surface area contributed by atoms with Gasteiger partial charge in [-0.2, -0.15) is 0 Å². The highest BCUT2D eigenvalue weighted by Crippen LogP contribution is 2.58. The van der Waals surface area contributed by atoms with E-state index in [9.17, 15) is 0 Å². The van der Waals surface area contributed by atoms with Gasteiger partial charge >= 0.3 is 0 Å². The zero-order valence-corrected chi connectivity index (χ0v) is 24.8. The molecule has 0 heterocycles. The topological polar surface area (TPSA) is 0 Å². The van der Waals surface area contributed by atoms with E-state index in [2.05, 4.69) is 182 Å². The van der Waals surface area contributed by atoms with E-state index < -0.39 is 5.41 Å². The summed E-state index contributed by atoms with van der Waals surface area (Å²) in [7, 11) is 0. The molecule has 0 saturated carbocycles. The summed E-state index contributed by atoms with van der Waals surface area (Å²) >= 11 is 0. The molecule has 45 heavy (non-hydrogen) atoms. The molecule has 0 nitrogen and oxygen atoms in total. The molecule has 8 aromatic carbocycles. The summed E-state index contributed by atoms with van der Waals surface area (Å²) in [6.07, 6.45) is 0. The van der Waals surface area contributed by atoms with Crippen LogP contribution in [0.5, 0.6) is 0 Å². The van der Waals surface area contributed by atoms with Crippen molar-refractivity contribution in [1.82, 2.24) is 0 Å². The van der Waals surface area contributed by atoms with Crippen LogP contribution in [-0.4, -0.2) is 0 Å². The van der Waals surface area contributed by atoms with Gasteiger partial charge in [0.15, 0.2) is 0 Å². The molecule has 0 aliphatic heterocycles. The number of benzene rings is 8. The fraction of sp³-hybridized carbons (Fsp3) is 0.0222. The quantitative estimate of drug-likeness (QED) is 0.185. The Hall–Kier alpha value is -5.72. The molecule has 0 heteroatoms. The third-order valence-electron chi connectivity index (χ3n) is 9.74. The predicted octanol–water partition coefficient (Wildman–Crippen LogP) is 11.7. The van der Waals surface area contributed by atoms with Gasteiger partial charge in [-0.05, 0) is 89.3 Å². The third-order valence-corrected chi connectivity index (χ3v) is 9.74. The average Bonchev–Trinajstić information content (AvgIpc) is 3.44. The SMILES string of the molecule is c1ccc(-c2ccc3c(c2)c(-c2ccccc2)cc2c4c(ccc23)-c2ccccc2C4(c2ccccc2)c2ccccc2)cc1. The van der Waals surface area contributed by atoms with Crippen molar-refractivity contribution < 1.29 is 0 Å². The van der Waals surface area contributed by atoms with Crippen LogP contribution < -0.4 is 0 Å². The van der Waals surface area contributed by atoms with Gasteiger partial charge in [0.2, 0.25) is 0 Å². The minimum Gasteiger partial charge on any atom is -0.0622 e. The van der Waals surface area contributed by atoms with Crippen molar-refractivity contribution in [1.29, 1.82) is 0 Å². The molecule has 8 aromatic rings. The van der Waals surface area contributed by atoms with E-state index in [-0.39, 0.29) is 0 Å². The Morgan fingerprint density at radius 2 is 0.822 bits per heavy atom. The van der Waals surface area contributed by atoms with Gasteiger partial charge in [-0.15, -0.1) is 0 Å². The van der Waals surface area contributed by atoms with Crippen LogP contribution >= 0.6 is 0 Å². The van der Waals surface area contributed by atoms with Crippen LogP contribution in [0.1, 0.15) is 22.3 Å². The highest BCUT2D eigenvalue weighted by molar-refractivity contribution is 6.17. The maximum atomic E-state index is 2.48. The normalized spacial score (nSPS) is 13.1. The van der Waals surface area contributed by atoms with Crippen LogP contribution in [0, 0.1) is 0 Å². The first-order valence-electron chi connectivity index (χ1n) is 15.7. The van der Waals surface area contributed by atoms with E-state index >= 15 is 0 Å². The summed E-state index contributed by atoms with van der Waals surface area (Å²) in [5.41, 5.74) is 12.4. The maximum Gasteiger partial charge on any atom is 0.0719 e. The first kappa shape index (κ1) is 25.7. The Kier molecular flexibility index (Phi) is 5.83. The van der Waals surface area contributed by atoms with Crippen molar-refractivity contribution in [3.05, 3.63) is 204 Å². The van der Waals surface area contributed by atoms with E-state index in [1.807, 2.05) is 0 Å². The van der Waals surface area contributed by atoms with Crippen LogP contribution in [0.15, 0.2) is 182 Å². The van der Waals surface area contributed by atoms with Gasteiger partial charge in [-0.3, -0.25) is 0 Å². The number of hydrogen-bond acceptors (Lipinski definition) is 0. The molecule has 9 rings (SSSR count). The highest BCUT2D eigenvalue weighted by Gasteiger charge is 2.47. The minimum atomic E-state index is -0.459. The second kappa shape index (κ2) is 10.2. The molecule has 0 bridgehead atoms. The first-order chi connectivity index (χ1) is 22.3. The molecule has 0 amide bonds. The van der Waals surface area contributed by atoms with E-state index in [4.69, 9.17) is 0 Å². The van der Waals surface area contributed by atoms with Crippen molar-refractivity contribution in [3.63, 3.8) is 0 Å². The van der Waals surface area contributed by atoms with Crippen LogP contribution in [0.3, 0.4) is 0 Å². The Morgan fingerprint density at radius 1 is 0.289 bits per heavy atom.